The quantitative estimate of drug-likeness (QED) is 0.704. The van der Waals surface area contributed by atoms with Crippen molar-refractivity contribution in [1.29, 1.82) is 0 Å². The van der Waals surface area contributed by atoms with Crippen LogP contribution in [0.3, 0.4) is 0 Å². The predicted molar refractivity (Wildman–Crippen MR) is 103 cm³/mol. The molecule has 28 heavy (non-hydrogen) atoms. The first-order valence-corrected chi connectivity index (χ1v) is 8.77. The Bertz CT molecular complexity index is 1000. The number of anilines is 2. The number of nitrogens with zero attached hydrogens (tertiary/aromatic N) is 4. The second kappa shape index (κ2) is 8.16. The van der Waals surface area contributed by atoms with Crippen LogP contribution in [0.15, 0.2) is 42.6 Å². The molecule has 8 heteroatoms. The zero-order valence-electron chi connectivity index (χ0n) is 15.9. The number of carbonyl (C=O) groups is 1. The average Bonchev–Trinajstić information content (AvgIpc) is 3.05. The van der Waals surface area contributed by atoms with E-state index in [4.69, 9.17) is 0 Å². The van der Waals surface area contributed by atoms with Gasteiger partial charge < -0.3 is 10.2 Å². The summed E-state index contributed by atoms with van der Waals surface area (Å²) in [6, 6.07) is 9.05. The molecule has 1 aromatic carbocycles. The minimum Gasteiger partial charge on any atom is -0.349 e. The van der Waals surface area contributed by atoms with E-state index in [0.29, 0.717) is 24.3 Å². The number of rotatable bonds is 6. The molecule has 146 valence electrons. The Morgan fingerprint density at radius 3 is 2.61 bits per heavy atom. The molecule has 0 atom stereocenters. The molecule has 2 aromatic heterocycles. The maximum Gasteiger partial charge on any atom is 0.222 e. The third-order valence-corrected chi connectivity index (χ3v) is 4.19. The van der Waals surface area contributed by atoms with Crippen LogP contribution >= 0.6 is 0 Å². The van der Waals surface area contributed by atoms with Gasteiger partial charge in [-0.1, -0.05) is 0 Å². The molecule has 0 aliphatic carbocycles. The smallest absolute Gasteiger partial charge is 0.222 e. The van der Waals surface area contributed by atoms with Gasteiger partial charge in [0.05, 0.1) is 5.69 Å². The van der Waals surface area contributed by atoms with Gasteiger partial charge in [-0.05, 0) is 37.6 Å². The lowest BCUT2D eigenvalue weighted by molar-refractivity contribution is -0.128. The van der Waals surface area contributed by atoms with Crippen molar-refractivity contribution >= 4 is 17.4 Å². The van der Waals surface area contributed by atoms with E-state index < -0.39 is 11.6 Å². The van der Waals surface area contributed by atoms with E-state index in [9.17, 15) is 13.6 Å². The van der Waals surface area contributed by atoms with Gasteiger partial charge in [-0.25, -0.2) is 13.5 Å². The third-order valence-electron chi connectivity index (χ3n) is 4.19. The molecule has 0 radical (unpaired) electrons. The van der Waals surface area contributed by atoms with Crippen LogP contribution in [0.5, 0.6) is 0 Å². The van der Waals surface area contributed by atoms with Crippen molar-refractivity contribution in [2.75, 3.05) is 19.4 Å². The number of hydrogen-bond donors (Lipinski definition) is 1. The Hall–Kier alpha value is -3.29. The summed E-state index contributed by atoms with van der Waals surface area (Å²) in [5, 5.41) is 7.51. The van der Waals surface area contributed by atoms with E-state index >= 15 is 0 Å². The fourth-order valence-corrected chi connectivity index (χ4v) is 2.73. The number of nitrogens with one attached hydrogen (secondary N) is 1. The normalized spacial score (nSPS) is 10.8. The molecule has 3 rings (SSSR count). The minimum atomic E-state index is -0.939. The van der Waals surface area contributed by atoms with Crippen LogP contribution in [-0.4, -0.2) is 39.7 Å². The number of hydrogen-bond acceptors (Lipinski definition) is 4. The standard InChI is InChI=1S/C20H21F2N5O/c1-13-10-16(8-9-23-13)27-15(5-7-20(28)26(2)3)12-19(25-27)24-14-4-6-17(21)18(22)11-14/h4,6,8-12H,5,7H2,1-3H3,(H,24,25). The van der Waals surface area contributed by atoms with Crippen molar-refractivity contribution in [3.8, 4) is 5.69 Å². The summed E-state index contributed by atoms with van der Waals surface area (Å²) in [6.07, 6.45) is 2.49. The van der Waals surface area contributed by atoms with Crippen molar-refractivity contribution in [2.45, 2.75) is 19.8 Å². The molecule has 2 heterocycles. The summed E-state index contributed by atoms with van der Waals surface area (Å²) < 4.78 is 28.3. The van der Waals surface area contributed by atoms with Crippen LogP contribution < -0.4 is 5.32 Å². The molecule has 0 saturated carbocycles. The van der Waals surface area contributed by atoms with Crippen LogP contribution in [0.1, 0.15) is 17.8 Å². The molecule has 0 saturated heterocycles. The van der Waals surface area contributed by atoms with Gasteiger partial charge in [-0.2, -0.15) is 0 Å². The number of benzene rings is 1. The molecule has 0 bridgehead atoms. The number of carbonyl (C=O) groups excluding carboxylic acids is 1. The van der Waals surface area contributed by atoms with Gasteiger partial charge in [0.15, 0.2) is 17.5 Å². The molecular formula is C20H21F2N5O. The second-order valence-corrected chi connectivity index (χ2v) is 6.63. The van der Waals surface area contributed by atoms with E-state index in [-0.39, 0.29) is 5.91 Å². The minimum absolute atomic E-state index is 0.00812. The molecule has 0 aliphatic heterocycles. The highest BCUT2D eigenvalue weighted by Crippen LogP contribution is 2.22. The Labute approximate surface area is 161 Å². The van der Waals surface area contributed by atoms with Gasteiger partial charge in [0.25, 0.3) is 0 Å². The molecule has 6 nitrogen and oxygen atoms in total. The summed E-state index contributed by atoms with van der Waals surface area (Å²) in [5.41, 5.74) is 2.83. The van der Waals surface area contributed by atoms with E-state index in [1.54, 1.807) is 31.0 Å². The van der Waals surface area contributed by atoms with Gasteiger partial charge in [0.2, 0.25) is 5.91 Å². The predicted octanol–water partition coefficient (Wildman–Crippen LogP) is 3.62. The molecule has 1 N–H and O–H groups in total. The third kappa shape index (κ3) is 4.51. The van der Waals surface area contributed by atoms with Gasteiger partial charge in [-0.15, -0.1) is 5.10 Å². The maximum atomic E-state index is 13.5. The lowest BCUT2D eigenvalue weighted by atomic mass is 10.2. The summed E-state index contributed by atoms with van der Waals surface area (Å²) in [7, 11) is 3.42. The van der Waals surface area contributed by atoms with Crippen LogP contribution in [0.25, 0.3) is 5.69 Å². The van der Waals surface area contributed by atoms with E-state index in [1.807, 2.05) is 19.1 Å². The van der Waals surface area contributed by atoms with Crippen LogP contribution in [0, 0.1) is 18.6 Å². The van der Waals surface area contributed by atoms with Crippen molar-refractivity contribution in [1.82, 2.24) is 19.7 Å². The molecule has 0 fully saturated rings. The first-order chi connectivity index (χ1) is 13.3. The molecule has 0 spiro atoms. The Balaban J connectivity index is 1.92. The lowest BCUT2D eigenvalue weighted by Gasteiger charge is -2.11. The number of halogens is 2. The van der Waals surface area contributed by atoms with Crippen molar-refractivity contribution in [3.05, 3.63) is 65.6 Å². The van der Waals surface area contributed by atoms with E-state index in [1.165, 1.54) is 11.0 Å². The molecule has 0 aliphatic rings. The second-order valence-electron chi connectivity index (χ2n) is 6.63. The number of pyridine rings is 1. The van der Waals surface area contributed by atoms with Crippen LogP contribution in [-0.2, 0) is 11.2 Å². The summed E-state index contributed by atoms with van der Waals surface area (Å²) in [6.45, 7) is 1.88. The Morgan fingerprint density at radius 1 is 1.14 bits per heavy atom. The summed E-state index contributed by atoms with van der Waals surface area (Å²) in [4.78, 5) is 17.7. The van der Waals surface area contributed by atoms with Gasteiger partial charge in [0, 0.05) is 55.9 Å². The highest BCUT2D eigenvalue weighted by Gasteiger charge is 2.14. The molecule has 1 amide bonds. The van der Waals surface area contributed by atoms with Gasteiger partial charge >= 0.3 is 0 Å². The highest BCUT2D eigenvalue weighted by molar-refractivity contribution is 5.75. The van der Waals surface area contributed by atoms with Gasteiger partial charge in [0.1, 0.15) is 0 Å². The average molecular weight is 385 g/mol. The SMILES string of the molecule is Cc1cc(-n2nc(Nc3ccc(F)c(F)c3)cc2CCC(=O)N(C)C)ccn1. The fraction of sp³-hybridized carbons (Fsp3) is 0.250. The Kier molecular flexibility index (Phi) is 5.67. The van der Waals surface area contributed by atoms with E-state index in [2.05, 4.69) is 15.4 Å². The molecular weight excluding hydrogens is 364 g/mol. The van der Waals surface area contributed by atoms with Gasteiger partial charge in [-0.3, -0.25) is 9.78 Å². The number of amides is 1. The van der Waals surface area contributed by atoms with Crippen LogP contribution in [0.2, 0.25) is 0 Å². The molecule has 0 unspecified atom stereocenters. The lowest BCUT2D eigenvalue weighted by Crippen LogP contribution is -2.22. The zero-order chi connectivity index (χ0) is 20.3. The fourth-order valence-electron chi connectivity index (χ4n) is 2.73. The van der Waals surface area contributed by atoms with Crippen molar-refractivity contribution in [3.63, 3.8) is 0 Å². The largest absolute Gasteiger partial charge is 0.349 e. The van der Waals surface area contributed by atoms with Crippen LogP contribution in [0.4, 0.5) is 20.3 Å². The first kappa shape index (κ1) is 19.5. The van der Waals surface area contributed by atoms with E-state index in [0.717, 1.165) is 29.2 Å². The number of aromatic nitrogens is 3. The topological polar surface area (TPSA) is 63.1 Å². The van der Waals surface area contributed by atoms with Crippen molar-refractivity contribution in [2.24, 2.45) is 0 Å². The zero-order valence-corrected chi connectivity index (χ0v) is 15.9. The maximum absolute atomic E-state index is 13.5. The summed E-state index contributed by atoms with van der Waals surface area (Å²) >= 11 is 0. The number of aryl methyl sites for hydroxylation is 2. The summed E-state index contributed by atoms with van der Waals surface area (Å²) in [5.74, 6) is -1.38. The monoisotopic (exact) mass is 385 g/mol. The first-order valence-electron chi connectivity index (χ1n) is 8.77. The molecule has 3 aromatic rings. The Morgan fingerprint density at radius 2 is 1.93 bits per heavy atom. The van der Waals surface area contributed by atoms with Crippen molar-refractivity contribution < 1.29 is 13.6 Å². The highest BCUT2D eigenvalue weighted by atomic mass is 19.2.